The molecule has 1 aromatic rings. The van der Waals surface area contributed by atoms with Gasteiger partial charge in [-0.05, 0) is 66.5 Å². The van der Waals surface area contributed by atoms with Gasteiger partial charge in [-0.1, -0.05) is 13.8 Å². The molecule has 1 atom stereocenters. The molecule has 118 valence electrons. The van der Waals surface area contributed by atoms with Crippen molar-refractivity contribution in [2.45, 2.75) is 58.5 Å². The van der Waals surface area contributed by atoms with Crippen molar-refractivity contribution in [1.82, 2.24) is 4.90 Å². The molecule has 1 amide bonds. The van der Waals surface area contributed by atoms with Crippen molar-refractivity contribution in [3.63, 3.8) is 0 Å². The Morgan fingerprint density at radius 1 is 1.43 bits per heavy atom. The van der Waals surface area contributed by atoms with Gasteiger partial charge in [0.1, 0.15) is 0 Å². The Balaban J connectivity index is 1.86. The van der Waals surface area contributed by atoms with Gasteiger partial charge in [-0.25, -0.2) is 0 Å². The van der Waals surface area contributed by atoms with Gasteiger partial charge < -0.3 is 10.6 Å². The van der Waals surface area contributed by atoms with Crippen LogP contribution in [0.15, 0.2) is 16.8 Å². The lowest BCUT2D eigenvalue weighted by molar-refractivity contribution is -0.132. The largest absolute Gasteiger partial charge is 0.335 e. The van der Waals surface area contributed by atoms with E-state index in [0.29, 0.717) is 30.2 Å². The molecule has 0 spiro atoms. The van der Waals surface area contributed by atoms with Crippen molar-refractivity contribution in [3.8, 4) is 0 Å². The van der Waals surface area contributed by atoms with Crippen LogP contribution in [0.1, 0.15) is 51.5 Å². The second kappa shape index (κ2) is 7.95. The Bertz CT molecular complexity index is 426. The summed E-state index contributed by atoms with van der Waals surface area (Å²) in [5.74, 6) is 1.50. The molecule has 1 aromatic heterocycles. The van der Waals surface area contributed by atoms with Crippen LogP contribution in [0.5, 0.6) is 0 Å². The molecule has 0 bridgehead atoms. The standard InChI is InChI=1S/C17H28N2OS/c1-13(2)15(7-9-18)3-6-17(20)19(16-4-5-16)11-14-8-10-21-12-14/h8,10,12-13,15-16H,3-7,9,11,18H2,1-2H3. The molecule has 1 aliphatic carbocycles. The molecule has 0 aromatic carbocycles. The number of hydrogen-bond donors (Lipinski definition) is 1. The lowest BCUT2D eigenvalue weighted by atomic mass is 9.88. The second-order valence-corrected chi connectivity index (χ2v) is 7.28. The quantitative estimate of drug-likeness (QED) is 0.757. The van der Waals surface area contributed by atoms with Gasteiger partial charge in [-0.15, -0.1) is 0 Å². The minimum atomic E-state index is 0.325. The van der Waals surface area contributed by atoms with Crippen molar-refractivity contribution in [3.05, 3.63) is 22.4 Å². The summed E-state index contributed by atoms with van der Waals surface area (Å²) in [7, 11) is 0. The molecule has 0 saturated heterocycles. The van der Waals surface area contributed by atoms with Crippen molar-refractivity contribution in [1.29, 1.82) is 0 Å². The molecule has 0 aliphatic heterocycles. The fourth-order valence-corrected chi connectivity index (χ4v) is 3.52. The Labute approximate surface area is 132 Å². The highest BCUT2D eigenvalue weighted by Gasteiger charge is 2.32. The van der Waals surface area contributed by atoms with E-state index in [1.165, 1.54) is 18.4 Å². The van der Waals surface area contributed by atoms with Crippen LogP contribution in [0, 0.1) is 11.8 Å². The van der Waals surface area contributed by atoms with E-state index in [2.05, 4.69) is 35.6 Å². The number of nitrogens with two attached hydrogens (primary N) is 1. The topological polar surface area (TPSA) is 46.3 Å². The fourth-order valence-electron chi connectivity index (χ4n) is 2.86. The minimum absolute atomic E-state index is 0.325. The normalized spacial score (nSPS) is 16.2. The van der Waals surface area contributed by atoms with Crippen LogP contribution in [0.2, 0.25) is 0 Å². The van der Waals surface area contributed by atoms with E-state index in [9.17, 15) is 4.79 Å². The third-order valence-corrected chi connectivity index (χ3v) is 5.18. The number of nitrogens with zero attached hydrogens (tertiary/aromatic N) is 1. The first kappa shape index (κ1) is 16.5. The molecule has 0 radical (unpaired) electrons. The molecule has 1 aliphatic rings. The van der Waals surface area contributed by atoms with Crippen LogP contribution < -0.4 is 5.73 Å². The van der Waals surface area contributed by atoms with Crippen molar-refractivity contribution in [2.24, 2.45) is 17.6 Å². The van der Waals surface area contributed by atoms with Gasteiger partial charge in [0.25, 0.3) is 0 Å². The highest BCUT2D eigenvalue weighted by molar-refractivity contribution is 7.07. The number of rotatable bonds is 9. The Kier molecular flexibility index (Phi) is 6.24. The zero-order chi connectivity index (χ0) is 15.2. The molecule has 21 heavy (non-hydrogen) atoms. The molecule has 2 rings (SSSR count). The van der Waals surface area contributed by atoms with Crippen molar-refractivity contribution in [2.75, 3.05) is 6.54 Å². The highest BCUT2D eigenvalue weighted by Crippen LogP contribution is 2.30. The first-order chi connectivity index (χ1) is 10.1. The van der Waals surface area contributed by atoms with Crippen LogP contribution in [0.3, 0.4) is 0 Å². The summed E-state index contributed by atoms with van der Waals surface area (Å²) in [5, 5.41) is 4.23. The zero-order valence-electron chi connectivity index (χ0n) is 13.3. The van der Waals surface area contributed by atoms with Gasteiger partial charge in [0.05, 0.1) is 0 Å². The number of amides is 1. The smallest absolute Gasteiger partial charge is 0.223 e. The van der Waals surface area contributed by atoms with Crippen LogP contribution >= 0.6 is 11.3 Å². The van der Waals surface area contributed by atoms with Gasteiger partial charge in [0.15, 0.2) is 0 Å². The molecule has 1 heterocycles. The number of carbonyl (C=O) groups excluding carboxylic acids is 1. The summed E-state index contributed by atoms with van der Waals surface area (Å²) in [6.45, 7) is 5.97. The molecular formula is C17H28N2OS. The first-order valence-corrected chi connectivity index (χ1v) is 9.06. The maximum atomic E-state index is 12.6. The molecule has 4 heteroatoms. The fraction of sp³-hybridized carbons (Fsp3) is 0.706. The molecular weight excluding hydrogens is 280 g/mol. The average Bonchev–Trinajstić information content (AvgIpc) is 3.16. The Morgan fingerprint density at radius 2 is 2.19 bits per heavy atom. The van der Waals surface area contributed by atoms with E-state index < -0.39 is 0 Å². The van der Waals surface area contributed by atoms with E-state index in [-0.39, 0.29) is 0 Å². The third kappa shape index (κ3) is 5.11. The molecule has 1 unspecified atom stereocenters. The lowest BCUT2D eigenvalue weighted by Crippen LogP contribution is -2.33. The maximum absolute atomic E-state index is 12.6. The van der Waals surface area contributed by atoms with Gasteiger partial charge in [0, 0.05) is 19.0 Å². The SMILES string of the molecule is CC(C)C(CCN)CCC(=O)N(Cc1ccsc1)C1CC1. The number of carbonyl (C=O) groups is 1. The monoisotopic (exact) mass is 308 g/mol. The first-order valence-electron chi connectivity index (χ1n) is 8.12. The molecule has 2 N–H and O–H groups in total. The van der Waals surface area contributed by atoms with Gasteiger partial charge in [0.2, 0.25) is 5.91 Å². The summed E-state index contributed by atoms with van der Waals surface area (Å²) in [4.78, 5) is 14.7. The van der Waals surface area contributed by atoms with Crippen LogP contribution in [0.25, 0.3) is 0 Å². The zero-order valence-corrected chi connectivity index (χ0v) is 14.1. The van der Waals surface area contributed by atoms with Gasteiger partial charge >= 0.3 is 0 Å². The van der Waals surface area contributed by atoms with Gasteiger partial charge in [-0.3, -0.25) is 4.79 Å². The Hall–Kier alpha value is -0.870. The molecule has 3 nitrogen and oxygen atoms in total. The second-order valence-electron chi connectivity index (χ2n) is 6.50. The van der Waals surface area contributed by atoms with E-state index in [1.54, 1.807) is 11.3 Å². The summed E-state index contributed by atoms with van der Waals surface area (Å²) in [6, 6.07) is 2.61. The number of thiophene rings is 1. The van der Waals surface area contributed by atoms with E-state index in [1.807, 2.05) is 0 Å². The van der Waals surface area contributed by atoms with E-state index >= 15 is 0 Å². The van der Waals surface area contributed by atoms with Crippen molar-refractivity contribution < 1.29 is 4.79 Å². The van der Waals surface area contributed by atoms with E-state index in [4.69, 9.17) is 5.73 Å². The van der Waals surface area contributed by atoms with Crippen LogP contribution in [-0.2, 0) is 11.3 Å². The summed E-state index contributed by atoms with van der Waals surface area (Å²) in [6.07, 6.45) is 5.02. The van der Waals surface area contributed by atoms with E-state index in [0.717, 1.165) is 25.9 Å². The molecule has 1 saturated carbocycles. The van der Waals surface area contributed by atoms with Crippen LogP contribution in [0.4, 0.5) is 0 Å². The molecule has 1 fully saturated rings. The van der Waals surface area contributed by atoms with Crippen molar-refractivity contribution >= 4 is 17.2 Å². The highest BCUT2D eigenvalue weighted by atomic mass is 32.1. The Morgan fingerprint density at radius 3 is 2.71 bits per heavy atom. The summed E-state index contributed by atoms with van der Waals surface area (Å²) < 4.78 is 0. The average molecular weight is 308 g/mol. The van der Waals surface area contributed by atoms with Crippen LogP contribution in [-0.4, -0.2) is 23.4 Å². The third-order valence-electron chi connectivity index (χ3n) is 4.45. The maximum Gasteiger partial charge on any atom is 0.223 e. The predicted octanol–water partition coefficient (Wildman–Crippen LogP) is 3.64. The number of hydrogen-bond acceptors (Lipinski definition) is 3. The summed E-state index contributed by atoms with van der Waals surface area (Å²) in [5.41, 5.74) is 6.95. The minimum Gasteiger partial charge on any atom is -0.335 e. The predicted molar refractivity (Wildman–Crippen MR) is 89.1 cm³/mol. The lowest BCUT2D eigenvalue weighted by Gasteiger charge is -2.25. The van der Waals surface area contributed by atoms with Gasteiger partial charge in [-0.2, -0.15) is 11.3 Å². The summed E-state index contributed by atoms with van der Waals surface area (Å²) >= 11 is 1.70.